The lowest BCUT2D eigenvalue weighted by Gasteiger charge is -2.23. The molecule has 2 aliphatic heterocycles. The smallest absolute Gasteiger partial charge is 0.225 e. The van der Waals surface area contributed by atoms with Crippen molar-refractivity contribution in [1.82, 2.24) is 19.8 Å². The number of hydrogen-bond donors (Lipinski definition) is 0. The highest BCUT2D eigenvalue weighted by atomic mass is 16.5. The fourth-order valence-electron chi connectivity index (χ4n) is 4.82. The molecular formula is C25H35N5O. The maximum absolute atomic E-state index is 5.61. The number of benzene rings is 1. The number of rotatable bonds is 9. The van der Waals surface area contributed by atoms with Crippen LogP contribution in [-0.2, 0) is 6.54 Å². The van der Waals surface area contributed by atoms with Crippen LogP contribution in [-0.4, -0.2) is 73.2 Å². The highest BCUT2D eigenvalue weighted by Gasteiger charge is 2.35. The second-order valence-electron chi connectivity index (χ2n) is 9.04. The van der Waals surface area contributed by atoms with Gasteiger partial charge in [0.05, 0.1) is 5.69 Å². The van der Waals surface area contributed by atoms with Gasteiger partial charge >= 0.3 is 0 Å². The van der Waals surface area contributed by atoms with Crippen molar-refractivity contribution in [3.8, 4) is 5.75 Å². The molecule has 1 aromatic carbocycles. The molecule has 2 fully saturated rings. The first-order chi connectivity index (χ1) is 15.1. The van der Waals surface area contributed by atoms with Crippen LogP contribution in [0.25, 0.3) is 0 Å². The van der Waals surface area contributed by atoms with Crippen LogP contribution in [0, 0.1) is 5.92 Å². The Bertz CT molecular complexity index is 847. The van der Waals surface area contributed by atoms with Crippen LogP contribution in [0.15, 0.2) is 49.2 Å². The minimum Gasteiger partial charge on any atom is -0.490 e. The molecule has 2 atom stereocenters. The standard InChI is InChI=1S/C25H35N5O/c1-4-15-31-22-9-7-20(8-10-22)16-29-18-21(17-28(2)3)23(19-29)24-11-12-26-25(27-24)30-13-5-6-14-30/h4,7-12,21,23H,1,5-6,13-19H2,2-3H3/t21-,23-/m1/s1. The summed E-state index contributed by atoms with van der Waals surface area (Å²) in [6.07, 6.45) is 6.20. The zero-order valence-electron chi connectivity index (χ0n) is 18.9. The van der Waals surface area contributed by atoms with Gasteiger partial charge in [-0.05, 0) is 56.6 Å². The van der Waals surface area contributed by atoms with E-state index in [1.807, 2.05) is 6.20 Å². The minimum atomic E-state index is 0.432. The molecular weight excluding hydrogens is 386 g/mol. The summed E-state index contributed by atoms with van der Waals surface area (Å²) in [5.41, 5.74) is 2.51. The Morgan fingerprint density at radius 3 is 2.61 bits per heavy atom. The van der Waals surface area contributed by atoms with Crippen LogP contribution in [0.1, 0.15) is 30.0 Å². The number of likely N-dealkylation sites (tertiary alicyclic amines) is 1. The molecule has 2 saturated heterocycles. The molecule has 0 saturated carbocycles. The first-order valence-electron chi connectivity index (χ1n) is 11.4. The lowest BCUT2D eigenvalue weighted by molar-refractivity contribution is 0.284. The van der Waals surface area contributed by atoms with Crippen molar-refractivity contribution < 1.29 is 4.74 Å². The zero-order chi connectivity index (χ0) is 21.6. The molecule has 2 aliphatic rings. The number of aromatic nitrogens is 2. The molecule has 31 heavy (non-hydrogen) atoms. The maximum atomic E-state index is 5.61. The van der Waals surface area contributed by atoms with Gasteiger partial charge in [-0.3, -0.25) is 4.90 Å². The third-order valence-corrected chi connectivity index (χ3v) is 6.25. The molecule has 0 bridgehead atoms. The van der Waals surface area contributed by atoms with Crippen LogP contribution in [0.2, 0.25) is 0 Å². The predicted molar refractivity (Wildman–Crippen MR) is 126 cm³/mol. The molecule has 6 nitrogen and oxygen atoms in total. The lowest BCUT2D eigenvalue weighted by Crippen LogP contribution is -2.27. The third kappa shape index (κ3) is 5.63. The van der Waals surface area contributed by atoms with E-state index in [0.717, 1.165) is 51.0 Å². The van der Waals surface area contributed by atoms with E-state index in [2.05, 4.69) is 70.7 Å². The van der Waals surface area contributed by atoms with E-state index in [9.17, 15) is 0 Å². The minimum absolute atomic E-state index is 0.432. The molecule has 0 amide bonds. The van der Waals surface area contributed by atoms with Crippen LogP contribution >= 0.6 is 0 Å². The molecule has 2 aromatic rings. The van der Waals surface area contributed by atoms with E-state index in [-0.39, 0.29) is 0 Å². The summed E-state index contributed by atoms with van der Waals surface area (Å²) in [5, 5.41) is 0. The van der Waals surface area contributed by atoms with Crippen LogP contribution < -0.4 is 9.64 Å². The molecule has 3 heterocycles. The Hall–Kier alpha value is -2.44. The van der Waals surface area contributed by atoms with E-state index in [1.54, 1.807) is 6.08 Å². The molecule has 0 N–H and O–H groups in total. The quantitative estimate of drug-likeness (QED) is 0.578. The summed E-state index contributed by atoms with van der Waals surface area (Å²) in [6.45, 7) is 10.5. The molecule has 166 valence electrons. The normalized spacial score (nSPS) is 21.7. The first-order valence-corrected chi connectivity index (χ1v) is 11.4. The molecule has 0 unspecified atom stereocenters. The van der Waals surface area contributed by atoms with Crippen LogP contribution in [0.4, 0.5) is 5.95 Å². The maximum Gasteiger partial charge on any atom is 0.225 e. The third-order valence-electron chi connectivity index (χ3n) is 6.25. The molecule has 0 aliphatic carbocycles. The fraction of sp³-hybridized carbons (Fsp3) is 0.520. The SMILES string of the molecule is C=CCOc1ccc(CN2C[C@@H](CN(C)C)[C@H](c3ccnc(N4CCCC4)n3)C2)cc1. The highest BCUT2D eigenvalue weighted by Crippen LogP contribution is 2.34. The number of hydrogen-bond acceptors (Lipinski definition) is 6. The Morgan fingerprint density at radius 1 is 1.13 bits per heavy atom. The molecule has 6 heteroatoms. The van der Waals surface area contributed by atoms with E-state index in [1.165, 1.54) is 24.1 Å². The van der Waals surface area contributed by atoms with Crippen LogP contribution in [0.3, 0.4) is 0 Å². The number of ether oxygens (including phenoxy) is 1. The lowest BCUT2D eigenvalue weighted by atomic mass is 9.92. The van der Waals surface area contributed by atoms with Crippen LogP contribution in [0.5, 0.6) is 5.75 Å². The van der Waals surface area contributed by atoms with Crippen molar-refractivity contribution in [3.63, 3.8) is 0 Å². The fourth-order valence-corrected chi connectivity index (χ4v) is 4.82. The zero-order valence-corrected chi connectivity index (χ0v) is 18.9. The van der Waals surface area contributed by atoms with Gasteiger partial charge in [-0.15, -0.1) is 0 Å². The van der Waals surface area contributed by atoms with Gasteiger partial charge in [-0.1, -0.05) is 24.8 Å². The second kappa shape index (κ2) is 10.2. The monoisotopic (exact) mass is 421 g/mol. The van der Waals surface area contributed by atoms with Crippen molar-refractivity contribution in [3.05, 3.63) is 60.4 Å². The van der Waals surface area contributed by atoms with Crippen molar-refractivity contribution in [2.45, 2.75) is 25.3 Å². The number of nitrogens with zero attached hydrogens (tertiary/aromatic N) is 5. The van der Waals surface area contributed by atoms with Crippen molar-refractivity contribution in [2.75, 3.05) is 58.3 Å². The Kier molecular flexibility index (Phi) is 7.20. The van der Waals surface area contributed by atoms with Gasteiger partial charge in [0, 0.05) is 51.4 Å². The van der Waals surface area contributed by atoms with Crippen molar-refractivity contribution in [2.24, 2.45) is 5.92 Å². The van der Waals surface area contributed by atoms with E-state index >= 15 is 0 Å². The van der Waals surface area contributed by atoms with E-state index in [0.29, 0.717) is 18.4 Å². The summed E-state index contributed by atoms with van der Waals surface area (Å²) >= 11 is 0. The molecule has 1 aromatic heterocycles. The summed E-state index contributed by atoms with van der Waals surface area (Å²) in [4.78, 5) is 16.8. The predicted octanol–water partition coefficient (Wildman–Crippen LogP) is 3.42. The van der Waals surface area contributed by atoms with Crippen molar-refractivity contribution in [1.29, 1.82) is 0 Å². The molecule has 0 spiro atoms. The van der Waals surface area contributed by atoms with Gasteiger partial charge in [0.25, 0.3) is 0 Å². The number of anilines is 1. The topological polar surface area (TPSA) is 44.7 Å². The Balaban J connectivity index is 1.46. The summed E-state index contributed by atoms with van der Waals surface area (Å²) in [7, 11) is 4.33. The van der Waals surface area contributed by atoms with Crippen molar-refractivity contribution >= 4 is 5.95 Å². The summed E-state index contributed by atoms with van der Waals surface area (Å²) in [6, 6.07) is 10.6. The second-order valence-corrected chi connectivity index (χ2v) is 9.04. The largest absolute Gasteiger partial charge is 0.490 e. The van der Waals surface area contributed by atoms with Gasteiger partial charge in [0.2, 0.25) is 5.95 Å². The average molecular weight is 422 g/mol. The van der Waals surface area contributed by atoms with Gasteiger partial charge in [-0.25, -0.2) is 9.97 Å². The average Bonchev–Trinajstić information content (AvgIpc) is 3.43. The Labute approximate surface area is 186 Å². The van der Waals surface area contributed by atoms with E-state index < -0.39 is 0 Å². The van der Waals surface area contributed by atoms with Gasteiger partial charge in [0.1, 0.15) is 12.4 Å². The van der Waals surface area contributed by atoms with Gasteiger partial charge in [0.15, 0.2) is 0 Å². The highest BCUT2D eigenvalue weighted by molar-refractivity contribution is 5.33. The van der Waals surface area contributed by atoms with Gasteiger partial charge in [-0.2, -0.15) is 0 Å². The van der Waals surface area contributed by atoms with E-state index in [4.69, 9.17) is 9.72 Å². The summed E-state index contributed by atoms with van der Waals surface area (Å²) < 4.78 is 5.61. The molecule has 4 rings (SSSR count). The van der Waals surface area contributed by atoms with Gasteiger partial charge < -0.3 is 14.5 Å². The first kappa shape index (κ1) is 21.8. The summed E-state index contributed by atoms with van der Waals surface area (Å²) in [5.74, 6) is 2.80. The Morgan fingerprint density at radius 2 is 1.90 bits per heavy atom. The molecule has 0 radical (unpaired) electrons.